The van der Waals surface area contributed by atoms with Gasteiger partial charge in [-0.05, 0) is 51.4 Å². The van der Waals surface area contributed by atoms with E-state index in [4.69, 9.17) is 28.4 Å². The van der Waals surface area contributed by atoms with Crippen LogP contribution < -0.4 is 5.32 Å². The van der Waals surface area contributed by atoms with Crippen molar-refractivity contribution >= 4 is 5.91 Å². The summed E-state index contributed by atoms with van der Waals surface area (Å²) in [6, 6.07) is -0.986. The van der Waals surface area contributed by atoms with Gasteiger partial charge < -0.3 is 89.9 Å². The number of carbonyl (C=O) groups excluding carboxylic acids is 1. The lowest BCUT2D eigenvalue weighted by atomic mass is 9.96. The zero-order valence-corrected chi connectivity index (χ0v) is 43.9. The summed E-state index contributed by atoms with van der Waals surface area (Å²) in [7, 11) is 0. The first-order valence-corrected chi connectivity index (χ1v) is 27.7. The lowest BCUT2D eigenvalue weighted by Gasteiger charge is -2.48. The van der Waals surface area contributed by atoms with Crippen LogP contribution in [0.3, 0.4) is 0 Å². The minimum absolute atomic E-state index is 0.232. The van der Waals surface area contributed by atoms with Crippen molar-refractivity contribution in [3.63, 3.8) is 0 Å². The summed E-state index contributed by atoms with van der Waals surface area (Å²) in [6.07, 6.45) is 11.9. The topological polar surface area (TPSA) is 307 Å². The molecule has 0 aromatic carbocycles. The summed E-state index contributed by atoms with van der Waals surface area (Å²) in [5, 5.41) is 119. The molecule has 3 aliphatic heterocycles. The van der Waals surface area contributed by atoms with E-state index in [1.54, 1.807) is 12.2 Å². The SMILES string of the molecule is CCC/C=C/CC/C=C/C(O)C(COC1OC(CO)C(OC2OC(CO)C(OC3OC(CO)C(O)C(O)C3O)C(O)C2O)C(O)C1O)NC(=O)CCCCCCCCCCC/C=C\CCCCCCCCCC. The Morgan fingerprint density at radius 3 is 1.42 bits per heavy atom. The number of hydrogen-bond acceptors (Lipinski definition) is 18. The molecule has 0 bridgehead atoms. The summed E-state index contributed by atoms with van der Waals surface area (Å²) in [5.74, 6) is -0.294. The molecule has 1 amide bonds. The van der Waals surface area contributed by atoms with Crippen LogP contribution in [-0.2, 0) is 33.2 Å². The normalized spacial score (nSPS) is 32.0. The zero-order chi connectivity index (χ0) is 53.4. The fourth-order valence-corrected chi connectivity index (χ4v) is 9.27. The highest BCUT2D eigenvalue weighted by Gasteiger charge is 2.53. The van der Waals surface area contributed by atoms with E-state index in [0.717, 1.165) is 51.4 Å². The number of aliphatic hydroxyl groups excluding tert-OH is 11. The van der Waals surface area contributed by atoms with Crippen LogP contribution in [0.5, 0.6) is 0 Å². The predicted molar refractivity (Wildman–Crippen MR) is 272 cm³/mol. The molecule has 73 heavy (non-hydrogen) atoms. The standard InChI is InChI=1S/C54H97NO18/c1-3-5-7-9-11-12-13-14-15-16-17-18-19-20-21-22-23-24-26-28-30-32-42(60)55-37(38(59)31-29-27-25-10-8-6-4-2)36-68-52-48(66)45(63)50(40(34-57)70-52)73-54-49(67)46(64)51(41(35-58)71-54)72-53-47(65)44(62)43(61)39(33-56)69-53/h8,10,16-17,29,31,37-41,43-54,56-59,61-67H,3-7,9,11-15,18-28,30,32-36H2,1-2H3,(H,55,60)/b10-8+,17-16-,31-29+. The molecule has 0 aliphatic carbocycles. The molecular weight excluding hydrogens is 951 g/mol. The predicted octanol–water partition coefficient (Wildman–Crippen LogP) is 3.37. The maximum absolute atomic E-state index is 13.2. The molecular formula is C54H97NO18. The highest BCUT2D eigenvalue weighted by atomic mass is 16.8. The van der Waals surface area contributed by atoms with Crippen LogP contribution in [0.15, 0.2) is 36.5 Å². The van der Waals surface area contributed by atoms with E-state index >= 15 is 0 Å². The van der Waals surface area contributed by atoms with Crippen LogP contribution in [0.2, 0.25) is 0 Å². The van der Waals surface area contributed by atoms with Crippen molar-refractivity contribution < 1.29 is 89.4 Å². The van der Waals surface area contributed by atoms with Crippen molar-refractivity contribution in [1.29, 1.82) is 0 Å². The number of hydrogen-bond donors (Lipinski definition) is 12. The third-order valence-corrected chi connectivity index (χ3v) is 13.9. The Morgan fingerprint density at radius 1 is 0.479 bits per heavy atom. The van der Waals surface area contributed by atoms with E-state index in [9.17, 15) is 61.0 Å². The van der Waals surface area contributed by atoms with Gasteiger partial charge >= 0.3 is 0 Å². The summed E-state index contributed by atoms with van der Waals surface area (Å²) in [6.45, 7) is 1.56. The van der Waals surface area contributed by atoms with Crippen LogP contribution in [0.25, 0.3) is 0 Å². The Balaban J connectivity index is 1.46. The zero-order valence-electron chi connectivity index (χ0n) is 43.9. The number of amides is 1. The van der Waals surface area contributed by atoms with Crippen LogP contribution in [0.1, 0.15) is 168 Å². The number of allylic oxidation sites excluding steroid dienone is 5. The van der Waals surface area contributed by atoms with E-state index in [0.29, 0.717) is 12.8 Å². The lowest BCUT2D eigenvalue weighted by molar-refractivity contribution is -0.379. The Hall–Kier alpha value is -1.99. The monoisotopic (exact) mass is 1050 g/mol. The van der Waals surface area contributed by atoms with Crippen molar-refractivity contribution in [3.05, 3.63) is 36.5 Å². The highest BCUT2D eigenvalue weighted by molar-refractivity contribution is 5.76. The van der Waals surface area contributed by atoms with Crippen LogP contribution >= 0.6 is 0 Å². The van der Waals surface area contributed by atoms with Crippen molar-refractivity contribution in [1.82, 2.24) is 5.32 Å². The van der Waals surface area contributed by atoms with Crippen LogP contribution in [-0.4, -0.2) is 193 Å². The van der Waals surface area contributed by atoms with E-state index < -0.39 is 124 Å². The van der Waals surface area contributed by atoms with E-state index in [-0.39, 0.29) is 18.9 Å². The Morgan fingerprint density at radius 2 is 0.904 bits per heavy atom. The fourth-order valence-electron chi connectivity index (χ4n) is 9.27. The fraction of sp³-hybridized carbons (Fsp3) is 0.870. The molecule has 3 aliphatic rings. The van der Waals surface area contributed by atoms with Gasteiger partial charge in [0.05, 0.1) is 38.6 Å². The van der Waals surface area contributed by atoms with Crippen molar-refractivity contribution in [2.45, 2.75) is 272 Å². The molecule has 19 heteroatoms. The average Bonchev–Trinajstić information content (AvgIpc) is 3.39. The molecule has 426 valence electrons. The van der Waals surface area contributed by atoms with E-state index in [1.165, 1.54) is 83.5 Å². The molecule has 3 saturated heterocycles. The minimum atomic E-state index is -1.98. The molecule has 3 rings (SSSR count). The molecule has 0 radical (unpaired) electrons. The molecule has 0 aromatic heterocycles. The number of nitrogens with one attached hydrogen (secondary N) is 1. The first kappa shape index (κ1) is 65.3. The number of ether oxygens (including phenoxy) is 6. The van der Waals surface area contributed by atoms with Gasteiger partial charge in [-0.3, -0.25) is 4.79 Å². The quantitative estimate of drug-likeness (QED) is 0.0310. The van der Waals surface area contributed by atoms with Crippen LogP contribution in [0.4, 0.5) is 0 Å². The van der Waals surface area contributed by atoms with Gasteiger partial charge in [0.25, 0.3) is 0 Å². The second-order valence-electron chi connectivity index (χ2n) is 20.0. The Labute approximate surface area is 434 Å². The molecule has 17 unspecified atom stereocenters. The van der Waals surface area contributed by atoms with Gasteiger partial charge in [0.15, 0.2) is 18.9 Å². The Kier molecular flexibility index (Phi) is 34.5. The Bertz CT molecular complexity index is 1490. The van der Waals surface area contributed by atoms with E-state index in [2.05, 4.69) is 43.5 Å². The maximum Gasteiger partial charge on any atom is 0.220 e. The molecule has 0 saturated carbocycles. The molecule has 19 nitrogen and oxygen atoms in total. The summed E-state index contributed by atoms with van der Waals surface area (Å²) < 4.78 is 34.0. The second-order valence-corrected chi connectivity index (χ2v) is 20.0. The second kappa shape index (κ2) is 38.5. The van der Waals surface area contributed by atoms with Gasteiger partial charge in [-0.1, -0.05) is 147 Å². The van der Waals surface area contributed by atoms with Crippen LogP contribution in [0, 0.1) is 0 Å². The van der Waals surface area contributed by atoms with Gasteiger partial charge in [0.1, 0.15) is 73.2 Å². The summed E-state index contributed by atoms with van der Waals surface area (Å²) in [5.41, 5.74) is 0. The van der Waals surface area contributed by atoms with E-state index in [1.807, 2.05) is 0 Å². The molecule has 0 aromatic rings. The molecule has 12 N–H and O–H groups in total. The number of carbonyl (C=O) groups is 1. The van der Waals surface area contributed by atoms with Gasteiger partial charge in [-0.15, -0.1) is 0 Å². The average molecular weight is 1050 g/mol. The summed E-state index contributed by atoms with van der Waals surface area (Å²) in [4.78, 5) is 13.2. The van der Waals surface area contributed by atoms with Crippen molar-refractivity contribution in [2.24, 2.45) is 0 Å². The van der Waals surface area contributed by atoms with Gasteiger partial charge in [-0.2, -0.15) is 0 Å². The third-order valence-electron chi connectivity index (χ3n) is 13.9. The van der Waals surface area contributed by atoms with Gasteiger partial charge in [0, 0.05) is 6.42 Å². The van der Waals surface area contributed by atoms with Gasteiger partial charge in [-0.25, -0.2) is 0 Å². The summed E-state index contributed by atoms with van der Waals surface area (Å²) >= 11 is 0. The van der Waals surface area contributed by atoms with Crippen molar-refractivity contribution in [2.75, 3.05) is 26.4 Å². The minimum Gasteiger partial charge on any atom is -0.394 e. The maximum atomic E-state index is 13.2. The number of rotatable bonds is 39. The molecule has 17 atom stereocenters. The first-order valence-electron chi connectivity index (χ1n) is 27.7. The largest absolute Gasteiger partial charge is 0.394 e. The number of aliphatic hydroxyl groups is 11. The number of unbranched alkanes of at least 4 members (excludes halogenated alkanes) is 19. The lowest BCUT2D eigenvalue weighted by Crippen LogP contribution is -2.66. The third kappa shape index (κ3) is 23.7. The van der Waals surface area contributed by atoms with Gasteiger partial charge in [0.2, 0.25) is 5.91 Å². The molecule has 3 fully saturated rings. The molecule has 3 heterocycles. The highest BCUT2D eigenvalue weighted by Crippen LogP contribution is 2.33. The molecule has 0 spiro atoms. The van der Waals surface area contributed by atoms with Crippen molar-refractivity contribution in [3.8, 4) is 0 Å². The first-order chi connectivity index (χ1) is 35.3. The smallest absolute Gasteiger partial charge is 0.220 e.